The summed E-state index contributed by atoms with van der Waals surface area (Å²) in [5, 5.41) is 0. The van der Waals surface area contributed by atoms with Gasteiger partial charge in [-0.05, 0) is 49.8 Å². The number of Topliss-reactive ketones (excluding diaryl/α,β-unsaturated/α-hetero) is 1. The van der Waals surface area contributed by atoms with Crippen LogP contribution in [0, 0.1) is 11.8 Å². The highest BCUT2D eigenvalue weighted by molar-refractivity contribution is 6.11. The van der Waals surface area contributed by atoms with Crippen LogP contribution in [-0.4, -0.2) is 35.8 Å². The number of benzene rings is 1. The van der Waals surface area contributed by atoms with Gasteiger partial charge in [-0.25, -0.2) is 0 Å². The van der Waals surface area contributed by atoms with Gasteiger partial charge in [-0.15, -0.1) is 6.58 Å². The molecular formula is C23H27NO4. The first-order valence-corrected chi connectivity index (χ1v) is 10.1. The molecule has 1 amide bonds. The predicted molar refractivity (Wildman–Crippen MR) is 106 cm³/mol. The second kappa shape index (κ2) is 7.46. The Kier molecular flexibility index (Phi) is 5.00. The van der Waals surface area contributed by atoms with E-state index in [-0.39, 0.29) is 29.5 Å². The van der Waals surface area contributed by atoms with Crippen molar-refractivity contribution in [3.8, 4) is 5.75 Å². The molecule has 1 aromatic rings. The van der Waals surface area contributed by atoms with E-state index < -0.39 is 6.04 Å². The third-order valence-electron chi connectivity index (χ3n) is 6.04. The summed E-state index contributed by atoms with van der Waals surface area (Å²) in [6.45, 7) is 8.86. The lowest BCUT2D eigenvalue weighted by Gasteiger charge is -2.37. The molecule has 2 aliphatic heterocycles. The van der Waals surface area contributed by atoms with Crippen molar-refractivity contribution in [1.29, 1.82) is 0 Å². The normalized spacial score (nSPS) is 29.3. The van der Waals surface area contributed by atoms with Crippen LogP contribution < -0.4 is 4.74 Å². The van der Waals surface area contributed by atoms with Crippen molar-refractivity contribution in [2.75, 3.05) is 13.2 Å². The molecule has 0 bridgehead atoms. The molecule has 148 valence electrons. The highest BCUT2D eigenvalue weighted by atomic mass is 16.5. The zero-order valence-corrected chi connectivity index (χ0v) is 16.5. The van der Waals surface area contributed by atoms with Gasteiger partial charge < -0.3 is 14.4 Å². The Morgan fingerprint density at radius 2 is 2.00 bits per heavy atom. The summed E-state index contributed by atoms with van der Waals surface area (Å²) < 4.78 is 11.7. The number of nitrogens with zero attached hydrogens (tertiary/aromatic N) is 1. The quantitative estimate of drug-likeness (QED) is 0.728. The van der Waals surface area contributed by atoms with E-state index in [4.69, 9.17) is 9.47 Å². The molecule has 5 nitrogen and oxygen atoms in total. The average molecular weight is 381 g/mol. The number of ether oxygens (including phenoxy) is 2. The van der Waals surface area contributed by atoms with E-state index in [1.165, 1.54) is 0 Å². The Morgan fingerprint density at radius 3 is 2.68 bits per heavy atom. The maximum Gasteiger partial charge on any atom is 0.290 e. The molecule has 1 saturated carbocycles. The molecule has 0 N–H and O–H groups in total. The number of fused-ring (bicyclic) bond motifs is 1. The molecule has 0 saturated heterocycles. The minimum absolute atomic E-state index is 0.0802. The van der Waals surface area contributed by atoms with Gasteiger partial charge in [-0.2, -0.15) is 0 Å². The van der Waals surface area contributed by atoms with E-state index in [0.717, 1.165) is 30.6 Å². The highest BCUT2D eigenvalue weighted by Crippen LogP contribution is 2.47. The van der Waals surface area contributed by atoms with Gasteiger partial charge in [-0.1, -0.05) is 25.1 Å². The molecule has 1 aliphatic carbocycles. The molecule has 0 spiro atoms. The lowest BCUT2D eigenvalue weighted by atomic mass is 9.74. The van der Waals surface area contributed by atoms with Crippen LogP contribution in [-0.2, 0) is 14.3 Å². The minimum Gasteiger partial charge on any atom is -0.494 e. The Morgan fingerprint density at radius 1 is 1.25 bits per heavy atom. The van der Waals surface area contributed by atoms with Crippen molar-refractivity contribution in [2.45, 2.75) is 45.3 Å². The molecule has 4 atom stereocenters. The summed E-state index contributed by atoms with van der Waals surface area (Å²) in [5.41, 5.74) is 1.41. The maximum atomic E-state index is 13.5. The number of hydrogen-bond donors (Lipinski definition) is 0. The summed E-state index contributed by atoms with van der Waals surface area (Å²) in [6, 6.07) is 7.19. The van der Waals surface area contributed by atoms with Crippen LogP contribution in [0.5, 0.6) is 5.75 Å². The fourth-order valence-electron chi connectivity index (χ4n) is 4.71. The average Bonchev–Trinajstić information content (AvgIpc) is 2.96. The Hall–Kier alpha value is -2.56. The second-order valence-electron chi connectivity index (χ2n) is 7.94. The van der Waals surface area contributed by atoms with Gasteiger partial charge in [0.25, 0.3) is 5.91 Å². The van der Waals surface area contributed by atoms with Crippen LogP contribution in [0.3, 0.4) is 0 Å². The molecule has 1 aromatic carbocycles. The van der Waals surface area contributed by atoms with Crippen molar-refractivity contribution in [2.24, 2.45) is 11.8 Å². The lowest BCUT2D eigenvalue weighted by molar-refractivity contribution is -0.135. The smallest absolute Gasteiger partial charge is 0.290 e. The molecule has 0 radical (unpaired) electrons. The number of rotatable bonds is 5. The van der Waals surface area contributed by atoms with Gasteiger partial charge in [0.1, 0.15) is 11.9 Å². The molecule has 4 unspecified atom stereocenters. The summed E-state index contributed by atoms with van der Waals surface area (Å²) in [5.74, 6) is 1.25. The van der Waals surface area contributed by atoms with E-state index in [1.807, 2.05) is 31.2 Å². The number of hydrogen-bond acceptors (Lipinski definition) is 4. The van der Waals surface area contributed by atoms with Crippen LogP contribution in [0.4, 0.5) is 0 Å². The topological polar surface area (TPSA) is 55.8 Å². The molecule has 4 rings (SSSR count). The first-order chi connectivity index (χ1) is 13.5. The van der Waals surface area contributed by atoms with Gasteiger partial charge >= 0.3 is 0 Å². The summed E-state index contributed by atoms with van der Waals surface area (Å²) in [4.78, 5) is 28.2. The van der Waals surface area contributed by atoms with Crippen molar-refractivity contribution in [3.63, 3.8) is 0 Å². The minimum atomic E-state index is -0.429. The van der Waals surface area contributed by atoms with Crippen molar-refractivity contribution >= 4 is 11.7 Å². The van der Waals surface area contributed by atoms with Crippen molar-refractivity contribution < 1.29 is 19.1 Å². The third-order valence-corrected chi connectivity index (χ3v) is 6.04. The van der Waals surface area contributed by atoms with Gasteiger partial charge in [0, 0.05) is 6.54 Å². The van der Waals surface area contributed by atoms with Gasteiger partial charge in [0.05, 0.1) is 24.1 Å². The maximum absolute atomic E-state index is 13.5. The predicted octanol–water partition coefficient (Wildman–Crippen LogP) is 3.81. The number of carbonyl (C=O) groups is 2. The van der Waals surface area contributed by atoms with Gasteiger partial charge in [0.15, 0.2) is 11.5 Å². The highest BCUT2D eigenvalue weighted by Gasteiger charge is 2.52. The molecule has 3 aliphatic rings. The monoisotopic (exact) mass is 381 g/mol. The van der Waals surface area contributed by atoms with E-state index >= 15 is 0 Å². The van der Waals surface area contributed by atoms with Crippen molar-refractivity contribution in [1.82, 2.24) is 4.90 Å². The first kappa shape index (κ1) is 18.8. The van der Waals surface area contributed by atoms with E-state index in [0.29, 0.717) is 24.6 Å². The summed E-state index contributed by atoms with van der Waals surface area (Å²) in [7, 11) is 0. The van der Waals surface area contributed by atoms with Crippen molar-refractivity contribution in [3.05, 3.63) is 53.8 Å². The molecule has 1 fully saturated rings. The van der Waals surface area contributed by atoms with Crippen LogP contribution in [0.25, 0.3) is 0 Å². The number of carbonyl (C=O) groups excluding carboxylic acids is 2. The second-order valence-corrected chi connectivity index (χ2v) is 7.94. The van der Waals surface area contributed by atoms with Crippen LogP contribution >= 0.6 is 0 Å². The Balaban J connectivity index is 1.74. The SMILES string of the molecule is C=CCN1C(=O)C2=C(C(=O)C3CC(C)CCC3O2)C1c1ccc(OCC)cc1. The number of ketones is 1. The van der Waals surface area contributed by atoms with Crippen LogP contribution in [0.2, 0.25) is 0 Å². The van der Waals surface area contributed by atoms with E-state index in [9.17, 15) is 9.59 Å². The Bertz CT molecular complexity index is 826. The van der Waals surface area contributed by atoms with Crippen LogP contribution in [0.15, 0.2) is 48.3 Å². The molecule has 0 aromatic heterocycles. The lowest BCUT2D eigenvalue weighted by Crippen LogP contribution is -2.41. The number of amides is 1. The molecule has 5 heteroatoms. The molecule has 2 heterocycles. The standard InChI is InChI=1S/C23H27NO4/c1-4-12-24-20(15-7-9-16(10-8-15)27-5-2)19-21(25)17-13-14(3)6-11-18(17)28-22(19)23(24)26/h4,7-10,14,17-18,20H,1,5-6,11-13H2,2-3H3. The zero-order chi connectivity index (χ0) is 19.8. The zero-order valence-electron chi connectivity index (χ0n) is 16.5. The Labute approximate surface area is 166 Å². The van der Waals surface area contributed by atoms with Crippen LogP contribution in [0.1, 0.15) is 44.7 Å². The molecular weight excluding hydrogens is 354 g/mol. The summed E-state index contributed by atoms with van der Waals surface area (Å²) in [6.07, 6.45) is 4.21. The third kappa shape index (κ3) is 3.03. The first-order valence-electron chi connectivity index (χ1n) is 10.1. The fourth-order valence-corrected chi connectivity index (χ4v) is 4.71. The van der Waals surface area contributed by atoms with E-state index in [2.05, 4.69) is 13.5 Å². The van der Waals surface area contributed by atoms with Gasteiger partial charge in [-0.3, -0.25) is 9.59 Å². The molecule has 28 heavy (non-hydrogen) atoms. The van der Waals surface area contributed by atoms with E-state index in [1.54, 1.807) is 11.0 Å². The van der Waals surface area contributed by atoms with Gasteiger partial charge in [0.2, 0.25) is 0 Å². The summed E-state index contributed by atoms with van der Waals surface area (Å²) >= 11 is 0. The largest absolute Gasteiger partial charge is 0.494 e. The fraction of sp³-hybridized carbons (Fsp3) is 0.478.